The summed E-state index contributed by atoms with van der Waals surface area (Å²) in [7, 11) is 0. The molecule has 0 radical (unpaired) electrons. The van der Waals surface area contributed by atoms with Gasteiger partial charge in [-0.25, -0.2) is 4.79 Å². The number of rotatable bonds is 3. The molecule has 1 aromatic heterocycles. The molecule has 0 aliphatic heterocycles. The van der Waals surface area contributed by atoms with Crippen LogP contribution in [0, 0.1) is 5.92 Å². The highest BCUT2D eigenvalue weighted by Crippen LogP contribution is 2.29. The number of nitrogens with zero attached hydrogens (tertiary/aromatic N) is 1. The fraction of sp³-hybridized carbons (Fsp3) is 0.400. The molecule has 4 heteroatoms. The van der Waals surface area contributed by atoms with Gasteiger partial charge in [-0.1, -0.05) is 0 Å². The van der Waals surface area contributed by atoms with Crippen LogP contribution in [0.4, 0.5) is 5.69 Å². The lowest BCUT2D eigenvalue weighted by Crippen LogP contribution is -2.08. The maximum Gasteiger partial charge on any atom is 0.339 e. The van der Waals surface area contributed by atoms with Gasteiger partial charge in [-0.05, 0) is 24.8 Å². The molecule has 0 unspecified atom stereocenters. The lowest BCUT2D eigenvalue weighted by molar-refractivity contribution is 0.0485. The third kappa shape index (κ3) is 2.22. The lowest BCUT2D eigenvalue weighted by Gasteiger charge is -2.03. The summed E-state index contributed by atoms with van der Waals surface area (Å²) in [6, 6.07) is 1.57. The van der Waals surface area contributed by atoms with E-state index in [9.17, 15) is 4.79 Å². The van der Waals surface area contributed by atoms with Crippen LogP contribution in [0.2, 0.25) is 0 Å². The van der Waals surface area contributed by atoms with Gasteiger partial charge in [-0.15, -0.1) is 0 Å². The van der Waals surface area contributed by atoms with E-state index in [1.165, 1.54) is 25.2 Å². The van der Waals surface area contributed by atoms with E-state index < -0.39 is 0 Å². The van der Waals surface area contributed by atoms with Crippen molar-refractivity contribution in [3.8, 4) is 0 Å². The molecule has 1 heterocycles. The van der Waals surface area contributed by atoms with E-state index >= 15 is 0 Å². The fourth-order valence-electron chi connectivity index (χ4n) is 1.13. The molecule has 1 aliphatic rings. The summed E-state index contributed by atoms with van der Waals surface area (Å²) in [4.78, 5) is 15.2. The molecule has 0 spiro atoms. The Morgan fingerprint density at radius 2 is 2.36 bits per heavy atom. The molecule has 0 amide bonds. The first-order valence-corrected chi connectivity index (χ1v) is 4.63. The average molecular weight is 192 g/mol. The molecule has 1 aromatic rings. The topological polar surface area (TPSA) is 65.2 Å². The Balaban J connectivity index is 1.95. The quantitative estimate of drug-likeness (QED) is 0.731. The van der Waals surface area contributed by atoms with Crippen LogP contribution in [0.15, 0.2) is 18.5 Å². The predicted octanol–water partition coefficient (Wildman–Crippen LogP) is 1.23. The van der Waals surface area contributed by atoms with E-state index in [1.807, 2.05) is 0 Å². The molecule has 0 aromatic carbocycles. The zero-order valence-corrected chi connectivity index (χ0v) is 7.77. The molecule has 0 atom stereocenters. The zero-order valence-electron chi connectivity index (χ0n) is 7.77. The SMILES string of the molecule is Nc1cncc(C(=O)OCC2CC2)c1. The van der Waals surface area contributed by atoms with E-state index in [-0.39, 0.29) is 5.97 Å². The number of carbonyl (C=O) groups is 1. The van der Waals surface area contributed by atoms with Crippen molar-refractivity contribution in [3.05, 3.63) is 24.0 Å². The van der Waals surface area contributed by atoms with Gasteiger partial charge in [0.1, 0.15) is 0 Å². The van der Waals surface area contributed by atoms with E-state index in [1.54, 1.807) is 6.07 Å². The zero-order chi connectivity index (χ0) is 9.97. The molecule has 14 heavy (non-hydrogen) atoms. The van der Waals surface area contributed by atoms with Crippen LogP contribution < -0.4 is 5.73 Å². The molecule has 74 valence electrons. The monoisotopic (exact) mass is 192 g/mol. The number of esters is 1. The summed E-state index contributed by atoms with van der Waals surface area (Å²) >= 11 is 0. The normalized spacial score (nSPS) is 15.1. The molecule has 1 fully saturated rings. The second kappa shape index (κ2) is 3.65. The molecule has 2 rings (SSSR count). The van der Waals surface area contributed by atoms with Gasteiger partial charge in [0.25, 0.3) is 0 Å². The summed E-state index contributed by atoms with van der Waals surface area (Å²) in [6.45, 7) is 0.521. The predicted molar refractivity (Wildman–Crippen MR) is 51.7 cm³/mol. The minimum atomic E-state index is -0.336. The minimum absolute atomic E-state index is 0.336. The summed E-state index contributed by atoms with van der Waals surface area (Å²) in [6.07, 6.45) is 5.30. The van der Waals surface area contributed by atoms with Crippen molar-refractivity contribution in [1.82, 2.24) is 4.98 Å². The summed E-state index contributed by atoms with van der Waals surface area (Å²) in [5, 5.41) is 0. The number of hydrogen-bond donors (Lipinski definition) is 1. The number of anilines is 1. The average Bonchev–Trinajstić information content (AvgIpc) is 2.97. The standard InChI is InChI=1S/C10H12N2O2/c11-9-3-8(4-12-5-9)10(13)14-6-7-1-2-7/h3-5,7H,1-2,6,11H2. The maximum atomic E-state index is 11.4. The van der Waals surface area contributed by atoms with Crippen LogP contribution in [0.5, 0.6) is 0 Å². The number of pyridine rings is 1. The Kier molecular flexibility index (Phi) is 2.35. The number of hydrogen-bond acceptors (Lipinski definition) is 4. The highest BCUT2D eigenvalue weighted by Gasteiger charge is 2.23. The Morgan fingerprint density at radius 1 is 1.57 bits per heavy atom. The Morgan fingerprint density at radius 3 is 3.00 bits per heavy atom. The summed E-state index contributed by atoms with van der Waals surface area (Å²) in [5.41, 5.74) is 6.39. The van der Waals surface area contributed by atoms with Gasteiger partial charge in [-0.3, -0.25) is 4.98 Å². The first kappa shape index (κ1) is 8.99. The first-order valence-electron chi connectivity index (χ1n) is 4.63. The van der Waals surface area contributed by atoms with E-state index in [4.69, 9.17) is 10.5 Å². The first-order chi connectivity index (χ1) is 6.75. The van der Waals surface area contributed by atoms with Crippen LogP contribution in [0.3, 0.4) is 0 Å². The van der Waals surface area contributed by atoms with Crippen molar-refractivity contribution >= 4 is 11.7 Å². The van der Waals surface area contributed by atoms with Crippen molar-refractivity contribution in [1.29, 1.82) is 0 Å². The van der Waals surface area contributed by atoms with E-state index in [0.29, 0.717) is 23.8 Å². The number of nitrogens with two attached hydrogens (primary N) is 1. The van der Waals surface area contributed by atoms with Crippen LogP contribution >= 0.6 is 0 Å². The summed E-state index contributed by atoms with van der Waals surface area (Å²) < 4.78 is 5.07. The molecule has 0 saturated heterocycles. The molecule has 4 nitrogen and oxygen atoms in total. The van der Waals surface area contributed by atoms with Crippen LogP contribution in [0.1, 0.15) is 23.2 Å². The van der Waals surface area contributed by atoms with Gasteiger partial charge in [-0.2, -0.15) is 0 Å². The lowest BCUT2D eigenvalue weighted by atomic mass is 10.3. The smallest absolute Gasteiger partial charge is 0.339 e. The Hall–Kier alpha value is -1.58. The minimum Gasteiger partial charge on any atom is -0.462 e. The Bertz CT molecular complexity index is 348. The summed E-state index contributed by atoms with van der Waals surface area (Å²) in [5.74, 6) is 0.240. The van der Waals surface area contributed by atoms with Crippen LogP contribution in [-0.4, -0.2) is 17.6 Å². The van der Waals surface area contributed by atoms with Crippen molar-refractivity contribution < 1.29 is 9.53 Å². The molecular weight excluding hydrogens is 180 g/mol. The number of ether oxygens (including phenoxy) is 1. The fourth-order valence-corrected chi connectivity index (χ4v) is 1.13. The largest absolute Gasteiger partial charge is 0.462 e. The maximum absolute atomic E-state index is 11.4. The van der Waals surface area contributed by atoms with Gasteiger partial charge >= 0.3 is 5.97 Å². The highest BCUT2D eigenvalue weighted by atomic mass is 16.5. The number of carbonyl (C=O) groups excluding carboxylic acids is 1. The van der Waals surface area contributed by atoms with Gasteiger partial charge in [0.15, 0.2) is 0 Å². The van der Waals surface area contributed by atoms with Crippen LogP contribution in [0.25, 0.3) is 0 Å². The molecule has 0 bridgehead atoms. The van der Waals surface area contributed by atoms with Crippen molar-refractivity contribution in [2.75, 3.05) is 12.3 Å². The third-order valence-electron chi connectivity index (χ3n) is 2.14. The number of aromatic nitrogens is 1. The molecule has 1 saturated carbocycles. The van der Waals surface area contributed by atoms with Gasteiger partial charge < -0.3 is 10.5 Å². The second-order valence-electron chi connectivity index (χ2n) is 3.55. The van der Waals surface area contributed by atoms with Gasteiger partial charge in [0.2, 0.25) is 0 Å². The molecule has 1 aliphatic carbocycles. The van der Waals surface area contributed by atoms with E-state index in [2.05, 4.69) is 4.98 Å². The second-order valence-corrected chi connectivity index (χ2v) is 3.55. The van der Waals surface area contributed by atoms with Crippen LogP contribution in [-0.2, 0) is 4.74 Å². The Labute approximate surface area is 82.1 Å². The third-order valence-corrected chi connectivity index (χ3v) is 2.14. The van der Waals surface area contributed by atoms with Gasteiger partial charge in [0.05, 0.1) is 17.9 Å². The van der Waals surface area contributed by atoms with Crippen molar-refractivity contribution in [2.24, 2.45) is 5.92 Å². The van der Waals surface area contributed by atoms with E-state index in [0.717, 1.165) is 0 Å². The molecular formula is C10H12N2O2. The van der Waals surface area contributed by atoms with Gasteiger partial charge in [0, 0.05) is 12.4 Å². The van der Waals surface area contributed by atoms with Crippen molar-refractivity contribution in [2.45, 2.75) is 12.8 Å². The highest BCUT2D eigenvalue weighted by molar-refractivity contribution is 5.89. The number of nitrogen functional groups attached to an aromatic ring is 1. The molecule has 2 N–H and O–H groups in total. The van der Waals surface area contributed by atoms with Crippen molar-refractivity contribution in [3.63, 3.8) is 0 Å².